The van der Waals surface area contributed by atoms with Gasteiger partial charge in [-0.15, -0.1) is 0 Å². The fraction of sp³-hybridized carbons (Fsp3) is 0.455. The van der Waals surface area contributed by atoms with E-state index in [0.29, 0.717) is 0 Å². The van der Waals surface area contributed by atoms with Gasteiger partial charge in [0.05, 0.1) is 20.8 Å². The predicted octanol–water partition coefficient (Wildman–Crippen LogP) is 0.768. The molecule has 0 radical (unpaired) electrons. The Hall–Kier alpha value is -1.38. The van der Waals surface area contributed by atoms with Crippen LogP contribution in [0.25, 0.3) is 0 Å². The van der Waals surface area contributed by atoms with Crippen LogP contribution in [0.2, 0.25) is 0 Å². The third-order valence-corrected chi connectivity index (χ3v) is 3.80. The Morgan fingerprint density at radius 2 is 1.74 bits per heavy atom. The third kappa shape index (κ3) is 3.79. The van der Waals surface area contributed by atoms with E-state index >= 15 is 0 Å². The lowest BCUT2D eigenvalue weighted by molar-refractivity contribution is 0.204. The van der Waals surface area contributed by atoms with Gasteiger partial charge in [0.25, 0.3) is 0 Å². The van der Waals surface area contributed by atoms with Crippen LogP contribution in [-0.4, -0.2) is 42.9 Å². The van der Waals surface area contributed by atoms with Crippen LogP contribution >= 0.6 is 0 Å². The van der Waals surface area contributed by atoms with Gasteiger partial charge in [-0.2, -0.15) is 0 Å². The van der Waals surface area contributed by atoms with Gasteiger partial charge in [0, 0.05) is 25.8 Å². The molecule has 0 amide bonds. The highest BCUT2D eigenvalue weighted by atomic mass is 32.2. The zero-order valence-corrected chi connectivity index (χ0v) is 11.7. The van der Waals surface area contributed by atoms with Crippen LogP contribution in [0.3, 0.4) is 0 Å². The van der Waals surface area contributed by atoms with E-state index in [0.717, 1.165) is 12.1 Å². The normalized spacial score (nSPS) is 11.4. The van der Waals surface area contributed by atoms with Crippen molar-refractivity contribution in [3.8, 4) is 11.5 Å². The lowest BCUT2D eigenvalue weighted by Gasteiger charge is -2.12. The molecule has 0 saturated heterocycles. The fourth-order valence-corrected chi connectivity index (χ4v) is 2.48. The van der Waals surface area contributed by atoms with E-state index in [9.17, 15) is 12.8 Å². The lowest BCUT2D eigenvalue weighted by atomic mass is 10.3. The van der Waals surface area contributed by atoms with Gasteiger partial charge in [-0.3, -0.25) is 0 Å². The second-order valence-electron chi connectivity index (χ2n) is 3.53. The molecule has 0 aliphatic carbocycles. The molecule has 6 nitrogen and oxygen atoms in total. The maximum absolute atomic E-state index is 13.8. The van der Waals surface area contributed by atoms with E-state index in [1.165, 1.54) is 21.3 Å². The number of benzene rings is 1. The molecule has 8 heteroatoms. The van der Waals surface area contributed by atoms with Crippen molar-refractivity contribution in [1.82, 2.24) is 4.72 Å². The minimum atomic E-state index is -3.96. The van der Waals surface area contributed by atoms with Gasteiger partial charge in [-0.05, 0) is 0 Å². The van der Waals surface area contributed by atoms with Crippen molar-refractivity contribution < 1.29 is 27.0 Å². The van der Waals surface area contributed by atoms with Crippen LogP contribution in [0.15, 0.2) is 17.0 Å². The summed E-state index contributed by atoms with van der Waals surface area (Å²) in [6.45, 7) is 0.237. The molecule has 0 aliphatic rings. The van der Waals surface area contributed by atoms with Crippen molar-refractivity contribution in [2.45, 2.75) is 4.90 Å². The first-order chi connectivity index (χ1) is 8.96. The van der Waals surface area contributed by atoms with Crippen LogP contribution in [0.1, 0.15) is 0 Å². The highest BCUT2D eigenvalue weighted by Gasteiger charge is 2.22. The van der Waals surface area contributed by atoms with Gasteiger partial charge in [0.15, 0.2) is 11.5 Å². The van der Waals surface area contributed by atoms with E-state index in [1.54, 1.807) is 0 Å². The summed E-state index contributed by atoms with van der Waals surface area (Å²) in [7, 11) is 0.148. The molecule has 19 heavy (non-hydrogen) atoms. The average molecular weight is 293 g/mol. The summed E-state index contributed by atoms with van der Waals surface area (Å²) in [6, 6.07) is 2.03. The highest BCUT2D eigenvalue weighted by Crippen LogP contribution is 2.31. The van der Waals surface area contributed by atoms with Crippen molar-refractivity contribution in [3.05, 3.63) is 17.9 Å². The first-order valence-electron chi connectivity index (χ1n) is 5.36. The van der Waals surface area contributed by atoms with Gasteiger partial charge in [0.2, 0.25) is 10.0 Å². The summed E-state index contributed by atoms with van der Waals surface area (Å²) in [6.07, 6.45) is 0. The van der Waals surface area contributed by atoms with Crippen molar-refractivity contribution in [1.29, 1.82) is 0 Å². The SMILES string of the molecule is COCCNS(=O)(=O)c1cc(OC)c(OC)cc1F. The molecular formula is C11H16FNO5S. The van der Waals surface area contributed by atoms with Crippen molar-refractivity contribution >= 4 is 10.0 Å². The van der Waals surface area contributed by atoms with E-state index in [2.05, 4.69) is 4.72 Å². The van der Waals surface area contributed by atoms with Gasteiger partial charge in [-0.25, -0.2) is 17.5 Å². The minimum Gasteiger partial charge on any atom is -0.493 e. The number of nitrogens with one attached hydrogen (secondary N) is 1. The van der Waals surface area contributed by atoms with E-state index < -0.39 is 20.7 Å². The molecule has 0 bridgehead atoms. The summed E-state index contributed by atoms with van der Waals surface area (Å²) in [5.41, 5.74) is 0. The number of hydrogen-bond acceptors (Lipinski definition) is 5. The molecule has 0 fully saturated rings. The summed E-state index contributed by atoms with van der Waals surface area (Å²) in [5.74, 6) is -0.658. The number of hydrogen-bond donors (Lipinski definition) is 1. The quantitative estimate of drug-likeness (QED) is 0.752. The molecule has 1 aromatic rings. The first kappa shape index (κ1) is 15.7. The molecule has 0 spiro atoms. The summed E-state index contributed by atoms with van der Waals surface area (Å²) < 4.78 is 54.3. The van der Waals surface area contributed by atoms with Crippen LogP contribution in [0.4, 0.5) is 4.39 Å². The van der Waals surface area contributed by atoms with E-state index in [4.69, 9.17) is 14.2 Å². The molecule has 0 unspecified atom stereocenters. The maximum atomic E-state index is 13.8. The van der Waals surface area contributed by atoms with E-state index in [-0.39, 0.29) is 24.7 Å². The molecule has 0 saturated carbocycles. The van der Waals surface area contributed by atoms with Crippen molar-refractivity contribution in [3.63, 3.8) is 0 Å². The molecular weight excluding hydrogens is 277 g/mol. The Kier molecular flexibility index (Phi) is 5.52. The second kappa shape index (κ2) is 6.69. The zero-order valence-electron chi connectivity index (χ0n) is 10.9. The third-order valence-electron chi connectivity index (χ3n) is 2.33. The first-order valence-corrected chi connectivity index (χ1v) is 6.84. The number of methoxy groups -OCH3 is 3. The lowest BCUT2D eigenvalue weighted by Crippen LogP contribution is -2.28. The fourth-order valence-electron chi connectivity index (χ4n) is 1.40. The highest BCUT2D eigenvalue weighted by molar-refractivity contribution is 7.89. The van der Waals surface area contributed by atoms with Crippen LogP contribution in [-0.2, 0) is 14.8 Å². The molecule has 0 heterocycles. The molecule has 0 atom stereocenters. The maximum Gasteiger partial charge on any atom is 0.243 e. The number of ether oxygens (including phenoxy) is 3. The molecule has 0 aliphatic heterocycles. The Labute approximate surface area is 111 Å². The molecule has 1 rings (SSSR count). The molecule has 1 aromatic carbocycles. The van der Waals surface area contributed by atoms with Gasteiger partial charge in [0.1, 0.15) is 10.7 Å². The largest absolute Gasteiger partial charge is 0.493 e. The Bertz CT molecular complexity index is 532. The summed E-state index contributed by atoms with van der Waals surface area (Å²) in [4.78, 5) is -0.499. The molecule has 108 valence electrons. The Balaban J connectivity index is 3.12. The van der Waals surface area contributed by atoms with Crippen LogP contribution in [0, 0.1) is 5.82 Å². The molecule has 1 N–H and O–H groups in total. The predicted molar refractivity (Wildman–Crippen MR) is 66.6 cm³/mol. The summed E-state index contributed by atoms with van der Waals surface area (Å²) >= 11 is 0. The summed E-state index contributed by atoms with van der Waals surface area (Å²) in [5, 5.41) is 0. The standard InChI is InChI=1S/C11H16FNO5S/c1-16-5-4-13-19(14,15)11-7-10(18-3)9(17-2)6-8(11)12/h6-7,13H,4-5H2,1-3H3. The smallest absolute Gasteiger partial charge is 0.243 e. The number of rotatable bonds is 7. The van der Waals surface area contributed by atoms with Crippen molar-refractivity contribution in [2.24, 2.45) is 0 Å². The van der Waals surface area contributed by atoms with Crippen molar-refractivity contribution in [2.75, 3.05) is 34.5 Å². The van der Waals surface area contributed by atoms with Gasteiger partial charge < -0.3 is 14.2 Å². The average Bonchev–Trinajstić information content (AvgIpc) is 2.38. The van der Waals surface area contributed by atoms with Gasteiger partial charge >= 0.3 is 0 Å². The van der Waals surface area contributed by atoms with Gasteiger partial charge in [-0.1, -0.05) is 0 Å². The van der Waals surface area contributed by atoms with E-state index in [1.807, 2.05) is 0 Å². The number of halogens is 1. The Morgan fingerprint density at radius 1 is 1.16 bits per heavy atom. The van der Waals surface area contributed by atoms with Crippen LogP contribution < -0.4 is 14.2 Å². The zero-order chi connectivity index (χ0) is 14.5. The number of sulfonamides is 1. The topological polar surface area (TPSA) is 73.9 Å². The monoisotopic (exact) mass is 293 g/mol. The van der Waals surface area contributed by atoms with Crippen LogP contribution in [0.5, 0.6) is 11.5 Å². The molecule has 0 aromatic heterocycles. The minimum absolute atomic E-state index is 0.0482. The Morgan fingerprint density at radius 3 is 2.26 bits per heavy atom. The second-order valence-corrected chi connectivity index (χ2v) is 5.26.